The van der Waals surface area contributed by atoms with Crippen molar-refractivity contribution in [2.45, 2.75) is 77.6 Å². The van der Waals surface area contributed by atoms with Gasteiger partial charge in [-0.05, 0) is 154 Å². The fourth-order valence-electron chi connectivity index (χ4n) is 10.9. The van der Waals surface area contributed by atoms with Gasteiger partial charge in [0.15, 0.2) is 0 Å². The Morgan fingerprint density at radius 1 is 0.870 bits per heavy atom. The number of aromatic nitrogens is 3. The van der Waals surface area contributed by atoms with Crippen LogP contribution in [0, 0.1) is 35.7 Å². The van der Waals surface area contributed by atoms with Crippen LogP contribution in [0.5, 0.6) is 5.75 Å². The van der Waals surface area contributed by atoms with Crippen molar-refractivity contribution < 1.29 is 32.1 Å². The third-order valence-corrected chi connectivity index (χ3v) is 17.0. The number of rotatable bonds is 12. The summed E-state index contributed by atoms with van der Waals surface area (Å²) in [6.07, 6.45) is 9.09. The molecule has 3 aromatic carbocycles. The molecule has 6 heterocycles. The van der Waals surface area contributed by atoms with E-state index in [0.717, 1.165) is 70.5 Å². The molecule has 0 bridgehead atoms. The van der Waals surface area contributed by atoms with Crippen molar-refractivity contribution in [1.82, 2.24) is 25.2 Å². The number of amides is 2. The topological polar surface area (TPSA) is 145 Å². The average molecular weight is 1030 g/mol. The van der Waals surface area contributed by atoms with Crippen LogP contribution in [0.4, 0.5) is 47.7 Å². The normalized spacial score (nSPS) is 19.3. The molecule has 3 N–H and O–H groups in total. The number of imide groups is 1. The first-order chi connectivity index (χ1) is 33.0. The van der Waals surface area contributed by atoms with Crippen molar-refractivity contribution in [3.8, 4) is 5.75 Å². The van der Waals surface area contributed by atoms with Gasteiger partial charge in [-0.25, -0.2) is 18.2 Å². The van der Waals surface area contributed by atoms with Crippen LogP contribution in [-0.4, -0.2) is 97.9 Å². The summed E-state index contributed by atoms with van der Waals surface area (Å²) < 4.78 is 65.5. The van der Waals surface area contributed by atoms with E-state index in [2.05, 4.69) is 70.7 Å². The summed E-state index contributed by atoms with van der Waals surface area (Å²) in [5.41, 5.74) is 5.03. The Balaban J connectivity index is 0.795. The fourth-order valence-corrected chi connectivity index (χ4v) is 12.7. The largest absolute Gasteiger partial charge is 0.494 e. The summed E-state index contributed by atoms with van der Waals surface area (Å²) in [7, 11) is -1.26. The number of halogens is 4. The lowest BCUT2D eigenvalue weighted by molar-refractivity contribution is -0.134. The van der Waals surface area contributed by atoms with Gasteiger partial charge in [0, 0.05) is 79.0 Å². The molecule has 1 spiro atoms. The number of piperidine rings is 4. The number of carbonyl (C=O) groups excluding carboxylic acids is 2. The van der Waals surface area contributed by atoms with Crippen LogP contribution in [0.1, 0.15) is 81.0 Å². The molecule has 18 heteroatoms. The second kappa shape index (κ2) is 19.9. The molecule has 0 unspecified atom stereocenters. The molecule has 0 saturated carbocycles. The van der Waals surface area contributed by atoms with Crippen molar-refractivity contribution in [1.29, 1.82) is 0 Å². The maximum absolute atomic E-state index is 15.3. The van der Waals surface area contributed by atoms with Crippen LogP contribution in [0.2, 0.25) is 0 Å². The Hall–Kier alpha value is -5.25. The lowest BCUT2D eigenvalue weighted by atomic mass is 9.71. The molecule has 9 rings (SSSR count). The zero-order valence-corrected chi connectivity index (χ0v) is 42.3. The average Bonchev–Trinajstić information content (AvgIpc) is 3.31. The predicted molar refractivity (Wildman–Crippen MR) is 270 cm³/mol. The number of methoxy groups -OCH3 is 1. The first kappa shape index (κ1) is 48.8. The van der Waals surface area contributed by atoms with Gasteiger partial charge in [0.05, 0.1) is 40.1 Å². The van der Waals surface area contributed by atoms with Gasteiger partial charge in [-0.15, -0.1) is 0 Å². The minimum Gasteiger partial charge on any atom is -0.494 e. The first-order valence-corrected chi connectivity index (χ1v) is 27.4. The van der Waals surface area contributed by atoms with E-state index in [9.17, 15) is 18.5 Å². The molecule has 5 aromatic rings. The monoisotopic (exact) mass is 1030 g/mol. The maximum Gasteiger partial charge on any atom is 0.234 e. The molecule has 0 aliphatic carbocycles. The highest BCUT2D eigenvalue weighted by Gasteiger charge is 2.39. The van der Waals surface area contributed by atoms with Crippen LogP contribution in [-0.2, 0) is 20.6 Å². The number of nitrogens with zero attached hydrogens (tertiary/aromatic N) is 6. The van der Waals surface area contributed by atoms with Crippen molar-refractivity contribution in [2.75, 3.05) is 86.7 Å². The number of likely N-dealkylation sites (tertiary alicyclic amines) is 1. The number of hydrogen-bond donors (Lipinski definition) is 3. The molecular weight excluding hydrogens is 970 g/mol. The lowest BCUT2D eigenvalue weighted by Crippen LogP contribution is -2.48. The van der Waals surface area contributed by atoms with Gasteiger partial charge in [0.1, 0.15) is 36.2 Å². The van der Waals surface area contributed by atoms with Gasteiger partial charge in [-0.3, -0.25) is 19.9 Å². The van der Waals surface area contributed by atoms with E-state index in [0.29, 0.717) is 74.0 Å². The van der Waals surface area contributed by atoms with E-state index in [1.165, 1.54) is 42.3 Å². The number of carbonyl (C=O) groups is 2. The van der Waals surface area contributed by atoms with E-state index < -0.39 is 42.3 Å². The van der Waals surface area contributed by atoms with Crippen LogP contribution in [0.15, 0.2) is 53.1 Å². The SMILES string of the molecule is CCc1cc(Nc2ncc(Br)c(Nc3ccc4nc(C)c(F)cc4c3P(C)(C)=O)n2)c(OC)cc1N1CCC2(CCN(CC3CCN(c4cc(F)c([C@H]5CCC(=O)NC5=O)c(F)c4)CC3)CC2)CC1. The van der Waals surface area contributed by atoms with E-state index in [1.807, 2.05) is 4.90 Å². The summed E-state index contributed by atoms with van der Waals surface area (Å²) in [5.74, 6) is -2.04. The zero-order chi connectivity index (χ0) is 48.8. The highest BCUT2D eigenvalue weighted by Crippen LogP contribution is 2.46. The molecule has 4 saturated heterocycles. The summed E-state index contributed by atoms with van der Waals surface area (Å²) >= 11 is 3.58. The highest BCUT2D eigenvalue weighted by molar-refractivity contribution is 9.10. The Bertz CT molecular complexity index is 2820. The van der Waals surface area contributed by atoms with E-state index in [-0.39, 0.29) is 24.1 Å². The zero-order valence-electron chi connectivity index (χ0n) is 39.9. The number of anilines is 6. The molecule has 0 radical (unpaired) electrons. The van der Waals surface area contributed by atoms with E-state index in [1.54, 1.807) is 45.7 Å². The van der Waals surface area contributed by atoms with E-state index in [4.69, 9.17) is 9.72 Å². The van der Waals surface area contributed by atoms with Crippen molar-refractivity contribution >= 4 is 85.6 Å². The van der Waals surface area contributed by atoms with Crippen LogP contribution < -0.4 is 35.8 Å². The molecular formula is C51H60BrF3N9O4P. The lowest BCUT2D eigenvalue weighted by Gasteiger charge is -2.48. The van der Waals surface area contributed by atoms with Gasteiger partial charge < -0.3 is 34.6 Å². The van der Waals surface area contributed by atoms with Crippen molar-refractivity contribution in [2.24, 2.45) is 11.3 Å². The Kier molecular flexibility index (Phi) is 14.0. The summed E-state index contributed by atoms with van der Waals surface area (Å²) in [4.78, 5) is 44.8. The maximum atomic E-state index is 15.3. The second-order valence-corrected chi connectivity index (χ2v) is 23.7. The Morgan fingerprint density at radius 3 is 2.22 bits per heavy atom. The minimum atomic E-state index is -2.92. The molecule has 1 atom stereocenters. The predicted octanol–water partition coefficient (Wildman–Crippen LogP) is 9.94. The number of pyridine rings is 1. The Morgan fingerprint density at radius 2 is 1.57 bits per heavy atom. The highest BCUT2D eigenvalue weighted by atomic mass is 79.9. The molecule has 13 nitrogen and oxygen atoms in total. The quantitative estimate of drug-likeness (QED) is 0.0808. The molecule has 69 heavy (non-hydrogen) atoms. The van der Waals surface area contributed by atoms with Crippen LogP contribution >= 0.6 is 23.1 Å². The number of ether oxygens (including phenoxy) is 1. The second-order valence-electron chi connectivity index (χ2n) is 19.7. The Labute approximate surface area is 409 Å². The number of hydrogen-bond acceptors (Lipinski definition) is 12. The van der Waals surface area contributed by atoms with Gasteiger partial charge in [0.2, 0.25) is 17.8 Å². The molecule has 2 amide bonds. The number of aryl methyl sites for hydroxylation is 2. The summed E-state index contributed by atoms with van der Waals surface area (Å²) in [5, 5.41) is 9.90. The van der Waals surface area contributed by atoms with Crippen molar-refractivity contribution in [3.63, 3.8) is 0 Å². The standard InChI is InChI=1S/C51H60BrF3N9O4P/c1-6-32-23-42(59-50-56-28-36(52)48(61-50)58-41-9-8-40-35(47(41)69(4,5)67)26-37(53)30(2)57-40)44(68-3)27-43(32)64-21-15-51(16-22-64)13-19-62(20-14-51)29-31-11-17-63(18-12-31)33-24-38(54)46(39(55)25-33)34-7-10-45(65)60-49(34)66/h8-9,23-28,31,34H,6-7,10-22,29H2,1-5H3,(H,60,65,66)(H2,56,58,59,61)/t34-/m1/s1. The fraction of sp³-hybridized carbons (Fsp3) is 0.471. The van der Waals surface area contributed by atoms with Gasteiger partial charge in [0.25, 0.3) is 0 Å². The molecule has 366 valence electrons. The third-order valence-electron chi connectivity index (χ3n) is 14.9. The third kappa shape index (κ3) is 10.3. The van der Waals surface area contributed by atoms with Gasteiger partial charge in [-0.2, -0.15) is 4.98 Å². The molecule has 2 aromatic heterocycles. The minimum absolute atomic E-state index is 0.0632. The van der Waals surface area contributed by atoms with E-state index >= 15 is 8.78 Å². The summed E-state index contributed by atoms with van der Waals surface area (Å²) in [6, 6.07) is 11.9. The first-order valence-electron chi connectivity index (χ1n) is 24.0. The number of nitrogens with one attached hydrogen (secondary N) is 3. The number of benzene rings is 3. The van der Waals surface area contributed by atoms with Crippen LogP contribution in [0.3, 0.4) is 0 Å². The molecule has 4 aliphatic rings. The van der Waals surface area contributed by atoms with Gasteiger partial charge in [-0.1, -0.05) is 6.92 Å². The molecule has 4 aliphatic heterocycles. The smallest absolute Gasteiger partial charge is 0.234 e. The summed E-state index contributed by atoms with van der Waals surface area (Å²) in [6.45, 7) is 13.6. The molecule has 4 fully saturated rings. The van der Waals surface area contributed by atoms with Crippen LogP contribution in [0.25, 0.3) is 10.9 Å². The van der Waals surface area contributed by atoms with Gasteiger partial charge >= 0.3 is 0 Å². The number of fused-ring (bicyclic) bond motifs is 1. The van der Waals surface area contributed by atoms with Crippen molar-refractivity contribution in [3.05, 3.63) is 87.4 Å².